The van der Waals surface area contributed by atoms with E-state index < -0.39 is 0 Å². The van der Waals surface area contributed by atoms with Crippen LogP contribution >= 0.6 is 0 Å². The van der Waals surface area contributed by atoms with Gasteiger partial charge in [0.15, 0.2) is 0 Å². The summed E-state index contributed by atoms with van der Waals surface area (Å²) < 4.78 is 0. The van der Waals surface area contributed by atoms with Gasteiger partial charge in [-0.25, -0.2) is 0 Å². The van der Waals surface area contributed by atoms with Crippen LogP contribution < -0.4 is 5.32 Å². The van der Waals surface area contributed by atoms with Crippen LogP contribution in [-0.4, -0.2) is 29.2 Å². The molecule has 0 spiro atoms. The standard InChI is InChI=1S/C18H20N2O3/c21-16(19-12-13-6-2-1-3-7-13)10-11-20-17(22)14-8-4-5-9-15(14)18(20)23/h1-7,14-15H,8-12H2,(H,19,21)/t14-,15+. The molecule has 1 fully saturated rings. The second-order valence-corrected chi connectivity index (χ2v) is 6.00. The first-order valence-electron chi connectivity index (χ1n) is 7.97. The second-order valence-electron chi connectivity index (χ2n) is 6.00. The van der Waals surface area contributed by atoms with Crippen LogP contribution in [0.1, 0.15) is 24.8 Å². The van der Waals surface area contributed by atoms with Gasteiger partial charge in [-0.2, -0.15) is 0 Å². The summed E-state index contributed by atoms with van der Waals surface area (Å²) in [7, 11) is 0. The largest absolute Gasteiger partial charge is 0.352 e. The molecule has 1 aliphatic heterocycles. The lowest BCUT2D eigenvalue weighted by atomic mass is 9.85. The van der Waals surface area contributed by atoms with E-state index in [9.17, 15) is 14.4 Å². The number of allylic oxidation sites excluding steroid dienone is 2. The predicted molar refractivity (Wildman–Crippen MR) is 85.0 cm³/mol. The maximum atomic E-state index is 12.3. The molecule has 0 aromatic heterocycles. The highest BCUT2D eigenvalue weighted by Crippen LogP contribution is 2.34. The third kappa shape index (κ3) is 3.33. The average molecular weight is 312 g/mol. The summed E-state index contributed by atoms with van der Waals surface area (Å²) >= 11 is 0. The van der Waals surface area contributed by atoms with Gasteiger partial charge < -0.3 is 5.32 Å². The number of nitrogens with zero attached hydrogens (tertiary/aromatic N) is 1. The number of hydrogen-bond donors (Lipinski definition) is 1. The van der Waals surface area contributed by atoms with Crippen molar-refractivity contribution in [3.63, 3.8) is 0 Å². The number of carbonyl (C=O) groups is 3. The van der Waals surface area contributed by atoms with E-state index in [0.717, 1.165) is 5.56 Å². The highest BCUT2D eigenvalue weighted by Gasteiger charge is 2.46. The first kappa shape index (κ1) is 15.5. The Bertz CT molecular complexity index is 613. The average Bonchev–Trinajstić information content (AvgIpc) is 2.83. The van der Waals surface area contributed by atoms with Crippen molar-refractivity contribution in [3.05, 3.63) is 48.0 Å². The SMILES string of the molecule is O=C(CCN1C(=O)[C@H]2CC=CC[C@H]2C1=O)NCc1ccccc1. The smallest absolute Gasteiger partial charge is 0.233 e. The van der Waals surface area contributed by atoms with Crippen LogP contribution in [0.25, 0.3) is 0 Å². The normalized spacial score (nSPS) is 23.0. The summed E-state index contributed by atoms with van der Waals surface area (Å²) in [6.45, 7) is 0.627. The zero-order chi connectivity index (χ0) is 16.2. The Morgan fingerprint density at radius 1 is 1.04 bits per heavy atom. The van der Waals surface area contributed by atoms with Crippen molar-refractivity contribution in [1.82, 2.24) is 10.2 Å². The molecule has 0 radical (unpaired) electrons. The van der Waals surface area contributed by atoms with Crippen LogP contribution in [0.4, 0.5) is 0 Å². The van der Waals surface area contributed by atoms with E-state index in [0.29, 0.717) is 19.4 Å². The van der Waals surface area contributed by atoms with Gasteiger partial charge in [0.1, 0.15) is 0 Å². The molecular weight excluding hydrogens is 292 g/mol. The van der Waals surface area contributed by atoms with E-state index in [4.69, 9.17) is 0 Å². The zero-order valence-electron chi connectivity index (χ0n) is 12.9. The summed E-state index contributed by atoms with van der Waals surface area (Å²) in [5.74, 6) is -0.845. The van der Waals surface area contributed by atoms with Crippen molar-refractivity contribution in [2.24, 2.45) is 11.8 Å². The van der Waals surface area contributed by atoms with Crippen molar-refractivity contribution in [2.45, 2.75) is 25.8 Å². The van der Waals surface area contributed by atoms with Gasteiger partial charge in [-0.1, -0.05) is 42.5 Å². The van der Waals surface area contributed by atoms with Gasteiger partial charge in [-0.3, -0.25) is 19.3 Å². The number of amides is 3. The van der Waals surface area contributed by atoms with Gasteiger partial charge >= 0.3 is 0 Å². The molecule has 1 aromatic carbocycles. The van der Waals surface area contributed by atoms with Crippen LogP contribution in [0.15, 0.2) is 42.5 Å². The number of fused-ring (bicyclic) bond motifs is 1. The lowest BCUT2D eigenvalue weighted by molar-refractivity contribution is -0.140. The first-order chi connectivity index (χ1) is 11.2. The molecule has 0 bridgehead atoms. The molecular formula is C18H20N2O3. The third-order valence-electron chi connectivity index (χ3n) is 4.49. The lowest BCUT2D eigenvalue weighted by Gasteiger charge is -2.14. The van der Waals surface area contributed by atoms with Crippen LogP contribution in [-0.2, 0) is 20.9 Å². The quantitative estimate of drug-likeness (QED) is 0.664. The first-order valence-corrected chi connectivity index (χ1v) is 7.97. The summed E-state index contributed by atoms with van der Waals surface area (Å²) in [5.41, 5.74) is 1.02. The molecule has 3 rings (SSSR count). The van der Waals surface area contributed by atoms with E-state index in [2.05, 4.69) is 5.32 Å². The number of nitrogens with one attached hydrogen (secondary N) is 1. The molecule has 2 atom stereocenters. The monoisotopic (exact) mass is 312 g/mol. The zero-order valence-corrected chi connectivity index (χ0v) is 12.9. The van der Waals surface area contributed by atoms with Crippen LogP contribution in [0.2, 0.25) is 0 Å². The highest BCUT2D eigenvalue weighted by molar-refractivity contribution is 6.05. The molecule has 23 heavy (non-hydrogen) atoms. The molecule has 1 N–H and O–H groups in total. The number of imide groups is 1. The minimum absolute atomic E-state index is 0.125. The Labute approximate surface area is 135 Å². The maximum Gasteiger partial charge on any atom is 0.233 e. The van der Waals surface area contributed by atoms with Crippen molar-refractivity contribution >= 4 is 17.7 Å². The summed E-state index contributed by atoms with van der Waals surface area (Å²) in [6.07, 6.45) is 5.33. The molecule has 1 aliphatic carbocycles. The van der Waals surface area contributed by atoms with Gasteiger partial charge in [-0.05, 0) is 18.4 Å². The minimum Gasteiger partial charge on any atom is -0.352 e. The van der Waals surface area contributed by atoms with Gasteiger partial charge in [0.25, 0.3) is 0 Å². The Hall–Kier alpha value is -2.43. The van der Waals surface area contributed by atoms with Crippen molar-refractivity contribution in [3.8, 4) is 0 Å². The molecule has 0 unspecified atom stereocenters. The Kier molecular flexibility index (Phi) is 4.55. The minimum atomic E-state index is -0.222. The van der Waals surface area contributed by atoms with E-state index in [1.165, 1.54) is 4.90 Å². The molecule has 0 saturated carbocycles. The van der Waals surface area contributed by atoms with Crippen molar-refractivity contribution in [2.75, 3.05) is 6.54 Å². The van der Waals surface area contributed by atoms with Crippen LogP contribution in [0.5, 0.6) is 0 Å². The highest BCUT2D eigenvalue weighted by atomic mass is 16.2. The van der Waals surface area contributed by atoms with Gasteiger partial charge in [0, 0.05) is 19.5 Å². The molecule has 5 heteroatoms. The molecule has 2 aliphatic rings. The number of hydrogen-bond acceptors (Lipinski definition) is 3. The topological polar surface area (TPSA) is 66.5 Å². The Morgan fingerprint density at radius 2 is 1.65 bits per heavy atom. The van der Waals surface area contributed by atoms with E-state index >= 15 is 0 Å². The van der Waals surface area contributed by atoms with E-state index in [1.807, 2.05) is 42.5 Å². The molecule has 1 aromatic rings. The summed E-state index contributed by atoms with van der Waals surface area (Å²) in [4.78, 5) is 37.8. The molecule has 1 heterocycles. The molecule has 1 saturated heterocycles. The van der Waals surface area contributed by atoms with E-state index in [1.54, 1.807) is 0 Å². The fourth-order valence-electron chi connectivity index (χ4n) is 3.19. The number of carbonyl (C=O) groups excluding carboxylic acids is 3. The maximum absolute atomic E-state index is 12.3. The van der Waals surface area contributed by atoms with E-state index in [-0.39, 0.29) is 42.5 Å². The number of rotatable bonds is 5. The van der Waals surface area contributed by atoms with Crippen LogP contribution in [0.3, 0.4) is 0 Å². The fraction of sp³-hybridized carbons (Fsp3) is 0.389. The van der Waals surface area contributed by atoms with Crippen molar-refractivity contribution in [1.29, 1.82) is 0 Å². The van der Waals surface area contributed by atoms with Gasteiger partial charge in [0.2, 0.25) is 17.7 Å². The number of likely N-dealkylation sites (tertiary alicyclic amines) is 1. The summed E-state index contributed by atoms with van der Waals surface area (Å²) in [5, 5.41) is 2.81. The molecule has 3 amide bonds. The second kappa shape index (κ2) is 6.77. The Balaban J connectivity index is 1.49. The Morgan fingerprint density at radius 3 is 2.26 bits per heavy atom. The predicted octanol–water partition coefficient (Wildman–Crippen LogP) is 1.64. The molecule has 120 valence electrons. The lowest BCUT2D eigenvalue weighted by Crippen LogP contribution is -2.35. The van der Waals surface area contributed by atoms with Gasteiger partial charge in [-0.15, -0.1) is 0 Å². The number of benzene rings is 1. The van der Waals surface area contributed by atoms with Crippen molar-refractivity contribution < 1.29 is 14.4 Å². The fourth-order valence-corrected chi connectivity index (χ4v) is 3.19. The molecule has 5 nitrogen and oxygen atoms in total. The third-order valence-corrected chi connectivity index (χ3v) is 4.49. The summed E-state index contributed by atoms with van der Waals surface area (Å²) in [6, 6.07) is 9.62. The van der Waals surface area contributed by atoms with Crippen LogP contribution in [0, 0.1) is 11.8 Å². The van der Waals surface area contributed by atoms with Gasteiger partial charge in [0.05, 0.1) is 11.8 Å².